The van der Waals surface area contributed by atoms with Crippen LogP contribution < -0.4 is 4.74 Å². The summed E-state index contributed by atoms with van der Waals surface area (Å²) in [6.45, 7) is 5.87. The Bertz CT molecular complexity index is 561. The van der Waals surface area contributed by atoms with Gasteiger partial charge in [-0.2, -0.15) is 4.31 Å². The van der Waals surface area contributed by atoms with E-state index in [0.717, 1.165) is 43.4 Å². The Balaban J connectivity index is 2.21. The van der Waals surface area contributed by atoms with Gasteiger partial charge in [-0.05, 0) is 49.9 Å². The van der Waals surface area contributed by atoms with Crippen molar-refractivity contribution in [3.8, 4) is 5.75 Å². The molecule has 1 aliphatic rings. The van der Waals surface area contributed by atoms with E-state index in [9.17, 15) is 8.42 Å². The lowest BCUT2D eigenvalue weighted by Crippen LogP contribution is -2.31. The maximum Gasteiger partial charge on any atom is 0.243 e. The largest absolute Gasteiger partial charge is 0.493 e. The SMILES string of the molecule is CCCOc1ccc(S(=O)(=O)N2CCCCCC2)cc1C. The van der Waals surface area contributed by atoms with Crippen molar-refractivity contribution in [2.24, 2.45) is 0 Å². The zero-order valence-corrected chi connectivity index (χ0v) is 13.8. The molecule has 1 aromatic carbocycles. The molecule has 0 unspecified atom stereocenters. The van der Waals surface area contributed by atoms with Crippen molar-refractivity contribution in [2.45, 2.75) is 50.8 Å². The normalized spacial score (nSPS) is 17.4. The lowest BCUT2D eigenvalue weighted by molar-refractivity contribution is 0.315. The third kappa shape index (κ3) is 3.98. The molecule has 1 heterocycles. The molecule has 0 bridgehead atoms. The zero-order chi connectivity index (χ0) is 15.3. The van der Waals surface area contributed by atoms with E-state index in [-0.39, 0.29) is 0 Å². The molecule has 1 fully saturated rings. The van der Waals surface area contributed by atoms with E-state index in [1.807, 2.05) is 13.8 Å². The van der Waals surface area contributed by atoms with E-state index >= 15 is 0 Å². The summed E-state index contributed by atoms with van der Waals surface area (Å²) in [5.41, 5.74) is 0.874. The Morgan fingerprint density at radius 1 is 1.14 bits per heavy atom. The average Bonchev–Trinajstić information content (AvgIpc) is 2.75. The van der Waals surface area contributed by atoms with E-state index in [1.165, 1.54) is 0 Å². The van der Waals surface area contributed by atoms with Crippen molar-refractivity contribution < 1.29 is 13.2 Å². The van der Waals surface area contributed by atoms with Crippen LogP contribution in [0, 0.1) is 6.92 Å². The van der Waals surface area contributed by atoms with Gasteiger partial charge in [0.2, 0.25) is 10.0 Å². The Morgan fingerprint density at radius 2 is 1.81 bits per heavy atom. The predicted octanol–water partition coefficient (Wildman–Crippen LogP) is 3.35. The van der Waals surface area contributed by atoms with Crippen molar-refractivity contribution in [3.63, 3.8) is 0 Å². The van der Waals surface area contributed by atoms with Gasteiger partial charge in [-0.15, -0.1) is 0 Å². The number of sulfonamides is 1. The Morgan fingerprint density at radius 3 is 2.38 bits per heavy atom. The van der Waals surface area contributed by atoms with Crippen molar-refractivity contribution >= 4 is 10.0 Å². The number of rotatable bonds is 5. The number of benzene rings is 1. The highest BCUT2D eigenvalue weighted by Crippen LogP contribution is 2.25. The summed E-state index contributed by atoms with van der Waals surface area (Å²) in [7, 11) is -3.37. The highest BCUT2D eigenvalue weighted by Gasteiger charge is 2.25. The second kappa shape index (κ2) is 7.27. The standard InChI is InChI=1S/C16H25NO3S/c1-3-12-20-16-9-8-15(13-14(16)2)21(18,19)17-10-6-4-5-7-11-17/h8-9,13H,3-7,10-12H2,1-2H3. The average molecular weight is 311 g/mol. The maximum atomic E-state index is 12.7. The van der Waals surface area contributed by atoms with Crippen molar-refractivity contribution in [2.75, 3.05) is 19.7 Å². The zero-order valence-electron chi connectivity index (χ0n) is 13.0. The molecule has 4 nitrogen and oxygen atoms in total. The highest BCUT2D eigenvalue weighted by molar-refractivity contribution is 7.89. The van der Waals surface area contributed by atoms with Crippen LogP contribution in [0.3, 0.4) is 0 Å². The molecule has 0 saturated carbocycles. The van der Waals surface area contributed by atoms with Crippen molar-refractivity contribution in [3.05, 3.63) is 23.8 Å². The third-order valence-electron chi connectivity index (χ3n) is 3.81. The second-order valence-electron chi connectivity index (χ2n) is 5.59. The summed E-state index contributed by atoms with van der Waals surface area (Å²) >= 11 is 0. The first kappa shape index (κ1) is 16.3. The fraction of sp³-hybridized carbons (Fsp3) is 0.625. The minimum atomic E-state index is -3.37. The Kier molecular flexibility index (Phi) is 5.65. The number of hydrogen-bond acceptors (Lipinski definition) is 3. The first-order valence-electron chi connectivity index (χ1n) is 7.79. The van der Waals surface area contributed by atoms with Crippen LogP contribution in [0.5, 0.6) is 5.75 Å². The molecule has 0 atom stereocenters. The van der Waals surface area contributed by atoms with Crippen molar-refractivity contribution in [1.82, 2.24) is 4.31 Å². The number of hydrogen-bond donors (Lipinski definition) is 0. The van der Waals surface area contributed by atoms with Gasteiger partial charge in [0, 0.05) is 13.1 Å². The second-order valence-corrected chi connectivity index (χ2v) is 7.53. The number of nitrogens with zero attached hydrogens (tertiary/aromatic N) is 1. The molecule has 0 spiro atoms. The Labute approximate surface area is 128 Å². The van der Waals surface area contributed by atoms with Crippen LogP contribution in [0.1, 0.15) is 44.6 Å². The summed E-state index contributed by atoms with van der Waals surface area (Å²) in [5.74, 6) is 0.770. The van der Waals surface area contributed by atoms with E-state index in [0.29, 0.717) is 24.6 Å². The first-order chi connectivity index (χ1) is 10.1. The van der Waals surface area contributed by atoms with E-state index in [1.54, 1.807) is 22.5 Å². The monoisotopic (exact) mass is 311 g/mol. The topological polar surface area (TPSA) is 46.6 Å². The number of aryl methyl sites for hydroxylation is 1. The molecular formula is C16H25NO3S. The molecule has 1 aliphatic heterocycles. The molecule has 0 radical (unpaired) electrons. The van der Waals surface area contributed by atoms with Crippen LogP contribution in [-0.4, -0.2) is 32.4 Å². The van der Waals surface area contributed by atoms with Crippen molar-refractivity contribution in [1.29, 1.82) is 0 Å². The van der Waals surface area contributed by atoms with Gasteiger partial charge in [0.1, 0.15) is 5.75 Å². The minimum absolute atomic E-state index is 0.380. The van der Waals surface area contributed by atoms with Gasteiger partial charge in [-0.3, -0.25) is 0 Å². The summed E-state index contributed by atoms with van der Waals surface area (Å²) < 4.78 is 32.6. The summed E-state index contributed by atoms with van der Waals surface area (Å²) in [4.78, 5) is 0.380. The van der Waals surface area contributed by atoms with Gasteiger partial charge in [0.05, 0.1) is 11.5 Å². The molecule has 5 heteroatoms. The lowest BCUT2D eigenvalue weighted by Gasteiger charge is -2.20. The lowest BCUT2D eigenvalue weighted by atomic mass is 10.2. The minimum Gasteiger partial charge on any atom is -0.493 e. The van der Waals surface area contributed by atoms with Gasteiger partial charge >= 0.3 is 0 Å². The predicted molar refractivity (Wildman–Crippen MR) is 84.2 cm³/mol. The smallest absolute Gasteiger partial charge is 0.243 e. The maximum absolute atomic E-state index is 12.7. The van der Waals surface area contributed by atoms with Gasteiger partial charge in [0.15, 0.2) is 0 Å². The van der Waals surface area contributed by atoms with Gasteiger partial charge in [0.25, 0.3) is 0 Å². The molecule has 1 aromatic rings. The quantitative estimate of drug-likeness (QED) is 0.838. The van der Waals surface area contributed by atoms with E-state index in [2.05, 4.69) is 0 Å². The van der Waals surface area contributed by atoms with E-state index < -0.39 is 10.0 Å². The summed E-state index contributed by atoms with van der Waals surface area (Å²) in [5, 5.41) is 0. The molecule has 0 aromatic heterocycles. The first-order valence-corrected chi connectivity index (χ1v) is 9.23. The molecule has 21 heavy (non-hydrogen) atoms. The van der Waals surface area contributed by atoms with Gasteiger partial charge in [-0.25, -0.2) is 8.42 Å². The molecule has 0 aliphatic carbocycles. The van der Waals surface area contributed by atoms with Crippen LogP contribution in [0.2, 0.25) is 0 Å². The third-order valence-corrected chi connectivity index (χ3v) is 5.71. The fourth-order valence-electron chi connectivity index (χ4n) is 2.59. The van der Waals surface area contributed by atoms with Crippen LogP contribution in [-0.2, 0) is 10.0 Å². The fourth-order valence-corrected chi connectivity index (χ4v) is 4.19. The van der Waals surface area contributed by atoms with Crippen LogP contribution in [0.25, 0.3) is 0 Å². The molecule has 118 valence electrons. The Hall–Kier alpha value is -1.07. The van der Waals surface area contributed by atoms with Gasteiger partial charge in [-0.1, -0.05) is 19.8 Å². The summed E-state index contributed by atoms with van der Waals surface area (Å²) in [6.07, 6.45) is 5.09. The molecule has 0 amide bonds. The van der Waals surface area contributed by atoms with Crippen LogP contribution in [0.15, 0.2) is 23.1 Å². The van der Waals surface area contributed by atoms with Crippen LogP contribution >= 0.6 is 0 Å². The molecule has 1 saturated heterocycles. The highest BCUT2D eigenvalue weighted by atomic mass is 32.2. The molecule has 2 rings (SSSR count). The van der Waals surface area contributed by atoms with E-state index in [4.69, 9.17) is 4.74 Å². The van der Waals surface area contributed by atoms with Crippen LogP contribution in [0.4, 0.5) is 0 Å². The summed E-state index contributed by atoms with van der Waals surface area (Å²) in [6, 6.07) is 5.17. The van der Waals surface area contributed by atoms with Gasteiger partial charge < -0.3 is 4.74 Å². The molecular weight excluding hydrogens is 286 g/mol. The number of ether oxygens (including phenoxy) is 1. The molecule has 0 N–H and O–H groups in total.